The summed E-state index contributed by atoms with van der Waals surface area (Å²) >= 11 is 5.07. The minimum absolute atomic E-state index is 0.0255. The van der Waals surface area contributed by atoms with Gasteiger partial charge in [0.1, 0.15) is 0 Å². The molecule has 0 radical (unpaired) electrons. The van der Waals surface area contributed by atoms with Gasteiger partial charge in [-0.1, -0.05) is 0 Å². The number of hydrogen-bond acceptors (Lipinski definition) is 3. The minimum atomic E-state index is -2.86. The maximum absolute atomic E-state index is 11.4. The summed E-state index contributed by atoms with van der Waals surface area (Å²) in [4.78, 5) is 0. The van der Waals surface area contributed by atoms with Gasteiger partial charge in [-0.25, -0.2) is 8.42 Å². The van der Waals surface area contributed by atoms with Crippen molar-refractivity contribution < 1.29 is 8.42 Å². The second kappa shape index (κ2) is 5.12. The summed E-state index contributed by atoms with van der Waals surface area (Å²) in [5, 5.41) is 6.64. The first kappa shape index (κ1) is 12.7. The predicted molar refractivity (Wildman–Crippen MR) is 65.7 cm³/mol. The summed E-state index contributed by atoms with van der Waals surface area (Å²) in [5.41, 5.74) is 0. The van der Waals surface area contributed by atoms with Crippen molar-refractivity contribution in [2.24, 2.45) is 0 Å². The molecule has 1 rings (SSSR count). The zero-order valence-corrected chi connectivity index (χ0v) is 10.7. The van der Waals surface area contributed by atoms with Gasteiger partial charge in [0.05, 0.1) is 11.5 Å². The fourth-order valence-corrected chi connectivity index (χ4v) is 3.66. The number of thiocarbonyl (C=S) groups is 1. The summed E-state index contributed by atoms with van der Waals surface area (Å²) in [7, 11) is -2.86. The molecule has 1 heterocycles. The van der Waals surface area contributed by atoms with E-state index in [1.807, 2.05) is 13.8 Å². The van der Waals surface area contributed by atoms with E-state index < -0.39 is 9.84 Å². The van der Waals surface area contributed by atoms with Crippen LogP contribution in [0.25, 0.3) is 0 Å². The average Bonchev–Trinajstić information content (AvgIpc) is 1.99. The molecule has 0 spiro atoms. The van der Waals surface area contributed by atoms with Gasteiger partial charge >= 0.3 is 0 Å². The molecule has 1 unspecified atom stereocenters. The van der Waals surface area contributed by atoms with E-state index in [0.717, 1.165) is 12.8 Å². The van der Waals surface area contributed by atoms with Crippen LogP contribution in [0.4, 0.5) is 0 Å². The molecule has 1 saturated heterocycles. The Balaban J connectivity index is 2.42. The highest BCUT2D eigenvalue weighted by Crippen LogP contribution is 2.11. The lowest BCUT2D eigenvalue weighted by atomic mass is 10.2. The molecule has 0 aromatic rings. The lowest BCUT2D eigenvalue weighted by molar-refractivity contribution is 0.527. The Hall–Kier alpha value is -0.360. The van der Waals surface area contributed by atoms with Crippen LogP contribution >= 0.6 is 12.2 Å². The normalized spacial score (nSPS) is 24.9. The van der Waals surface area contributed by atoms with Crippen LogP contribution in [0.15, 0.2) is 0 Å². The Morgan fingerprint density at radius 1 is 1.47 bits per heavy atom. The van der Waals surface area contributed by atoms with E-state index in [-0.39, 0.29) is 17.8 Å². The van der Waals surface area contributed by atoms with E-state index in [2.05, 4.69) is 10.6 Å². The molecule has 4 nitrogen and oxygen atoms in total. The second-order valence-electron chi connectivity index (χ2n) is 4.23. The average molecular weight is 250 g/mol. The third kappa shape index (κ3) is 4.79. The smallest absolute Gasteiger partial charge is 0.166 e. The molecule has 6 heteroatoms. The highest BCUT2D eigenvalue weighted by Gasteiger charge is 2.24. The third-order valence-electron chi connectivity index (χ3n) is 2.22. The Morgan fingerprint density at radius 3 is 2.67 bits per heavy atom. The van der Waals surface area contributed by atoms with E-state index in [1.165, 1.54) is 0 Å². The van der Waals surface area contributed by atoms with Crippen molar-refractivity contribution >= 4 is 27.2 Å². The van der Waals surface area contributed by atoms with E-state index in [0.29, 0.717) is 10.9 Å². The molecule has 0 amide bonds. The second-order valence-corrected chi connectivity index (χ2v) is 6.86. The third-order valence-corrected chi connectivity index (χ3v) is 4.27. The van der Waals surface area contributed by atoms with Gasteiger partial charge in [0, 0.05) is 12.1 Å². The fourth-order valence-electron chi connectivity index (χ4n) is 1.63. The Bertz CT molecular complexity index is 325. The molecule has 1 aliphatic rings. The van der Waals surface area contributed by atoms with Gasteiger partial charge in [0.15, 0.2) is 14.9 Å². The van der Waals surface area contributed by atoms with Gasteiger partial charge in [-0.3, -0.25) is 0 Å². The zero-order chi connectivity index (χ0) is 11.5. The van der Waals surface area contributed by atoms with Crippen LogP contribution < -0.4 is 10.6 Å². The van der Waals surface area contributed by atoms with Crippen molar-refractivity contribution in [3.63, 3.8) is 0 Å². The van der Waals surface area contributed by atoms with E-state index in [4.69, 9.17) is 12.2 Å². The molecular weight excluding hydrogens is 232 g/mol. The van der Waals surface area contributed by atoms with Crippen LogP contribution in [0, 0.1) is 0 Å². The topological polar surface area (TPSA) is 58.2 Å². The van der Waals surface area contributed by atoms with Crippen LogP contribution in [0.2, 0.25) is 0 Å². The van der Waals surface area contributed by atoms with Crippen molar-refractivity contribution in [1.82, 2.24) is 10.6 Å². The van der Waals surface area contributed by atoms with Crippen molar-refractivity contribution in [2.75, 3.05) is 11.5 Å². The number of nitrogens with one attached hydrogen (secondary N) is 2. The number of hydrogen-bond donors (Lipinski definition) is 2. The zero-order valence-electron chi connectivity index (χ0n) is 9.12. The largest absolute Gasteiger partial charge is 0.361 e. The fraction of sp³-hybridized carbons (Fsp3) is 0.889. The maximum Gasteiger partial charge on any atom is 0.166 e. The minimum Gasteiger partial charge on any atom is -0.361 e. The van der Waals surface area contributed by atoms with Crippen LogP contribution in [0.3, 0.4) is 0 Å². The van der Waals surface area contributed by atoms with Gasteiger partial charge in [0.2, 0.25) is 0 Å². The van der Waals surface area contributed by atoms with Gasteiger partial charge in [-0.15, -0.1) is 0 Å². The molecule has 1 atom stereocenters. The monoisotopic (exact) mass is 250 g/mol. The van der Waals surface area contributed by atoms with Gasteiger partial charge in [-0.2, -0.15) is 0 Å². The van der Waals surface area contributed by atoms with Crippen LogP contribution in [-0.2, 0) is 9.84 Å². The molecule has 0 aliphatic carbocycles. The first-order valence-electron chi connectivity index (χ1n) is 5.16. The van der Waals surface area contributed by atoms with Crippen molar-refractivity contribution in [1.29, 1.82) is 0 Å². The van der Waals surface area contributed by atoms with E-state index in [1.54, 1.807) is 0 Å². The SMILES string of the molecule is CC(C)NC(=S)NC1CCCS(=O)(=O)C1. The number of rotatable bonds is 2. The first-order valence-corrected chi connectivity index (χ1v) is 7.39. The number of sulfone groups is 1. The van der Waals surface area contributed by atoms with E-state index in [9.17, 15) is 8.42 Å². The Kier molecular flexibility index (Phi) is 4.33. The van der Waals surface area contributed by atoms with Crippen LogP contribution in [-0.4, -0.2) is 37.1 Å². The first-order chi connectivity index (χ1) is 6.89. The van der Waals surface area contributed by atoms with Gasteiger partial charge < -0.3 is 10.6 Å². The summed E-state index contributed by atoms with van der Waals surface area (Å²) < 4.78 is 22.7. The van der Waals surface area contributed by atoms with Gasteiger partial charge in [0.25, 0.3) is 0 Å². The summed E-state index contributed by atoms with van der Waals surface area (Å²) in [5.74, 6) is 0.516. The molecule has 88 valence electrons. The highest BCUT2D eigenvalue weighted by molar-refractivity contribution is 7.91. The van der Waals surface area contributed by atoms with Gasteiger partial charge in [-0.05, 0) is 38.9 Å². The molecule has 1 aliphatic heterocycles. The molecule has 0 aromatic heterocycles. The molecule has 1 fully saturated rings. The summed E-state index contributed by atoms with van der Waals surface area (Å²) in [6.07, 6.45) is 1.60. The summed E-state index contributed by atoms with van der Waals surface area (Å²) in [6.45, 7) is 3.98. The Labute approximate surface area is 96.7 Å². The van der Waals surface area contributed by atoms with Crippen molar-refractivity contribution in [3.05, 3.63) is 0 Å². The predicted octanol–water partition coefficient (Wildman–Crippen LogP) is 0.436. The van der Waals surface area contributed by atoms with Crippen molar-refractivity contribution in [3.8, 4) is 0 Å². The quantitative estimate of drug-likeness (QED) is 0.696. The molecule has 0 bridgehead atoms. The maximum atomic E-state index is 11.4. The Morgan fingerprint density at radius 2 is 2.13 bits per heavy atom. The summed E-state index contributed by atoms with van der Waals surface area (Å²) in [6, 6.07) is 0.243. The lowest BCUT2D eigenvalue weighted by Gasteiger charge is -2.25. The van der Waals surface area contributed by atoms with Crippen molar-refractivity contribution in [2.45, 2.75) is 38.8 Å². The molecule has 0 aromatic carbocycles. The standard InChI is InChI=1S/C9H18N2O2S2/c1-7(2)10-9(14)11-8-4-3-5-15(12,13)6-8/h7-8H,3-6H2,1-2H3,(H2,10,11,14). The molecule has 15 heavy (non-hydrogen) atoms. The molecule has 2 N–H and O–H groups in total. The molecular formula is C9H18N2O2S2. The molecule has 0 saturated carbocycles. The van der Waals surface area contributed by atoms with Crippen LogP contribution in [0.5, 0.6) is 0 Å². The van der Waals surface area contributed by atoms with Crippen LogP contribution in [0.1, 0.15) is 26.7 Å². The lowest BCUT2D eigenvalue weighted by Crippen LogP contribution is -2.48. The highest BCUT2D eigenvalue weighted by atomic mass is 32.2. The van der Waals surface area contributed by atoms with E-state index >= 15 is 0 Å².